The van der Waals surface area contributed by atoms with E-state index in [1.54, 1.807) is 36.4 Å². The smallest absolute Gasteiger partial charge is 0.344 e. The van der Waals surface area contributed by atoms with Crippen LogP contribution in [0.15, 0.2) is 69.9 Å². The van der Waals surface area contributed by atoms with Crippen LogP contribution in [-0.4, -0.2) is 19.9 Å². The van der Waals surface area contributed by atoms with Crippen molar-refractivity contribution in [3.8, 4) is 28.4 Å². The molecule has 5 rings (SSSR count). The third kappa shape index (κ3) is 3.89. The van der Waals surface area contributed by atoms with E-state index in [4.69, 9.17) is 23.4 Å². The summed E-state index contributed by atoms with van der Waals surface area (Å²) in [7, 11) is 1.35. The third-order valence-electron chi connectivity index (χ3n) is 5.58. The SMILES string of the molecule is COC(=O)c1ccc(COc2ccc3oc(=O)c(-c4ccc5c(c4)OCO5)c(C)c3c2)cc1. The van der Waals surface area contributed by atoms with Crippen LogP contribution < -0.4 is 19.8 Å². The predicted molar refractivity (Wildman–Crippen MR) is 121 cm³/mol. The van der Waals surface area contributed by atoms with E-state index in [0.29, 0.717) is 46.1 Å². The molecule has 33 heavy (non-hydrogen) atoms. The summed E-state index contributed by atoms with van der Waals surface area (Å²) >= 11 is 0. The summed E-state index contributed by atoms with van der Waals surface area (Å²) in [6.07, 6.45) is 0. The van der Waals surface area contributed by atoms with Crippen molar-refractivity contribution in [2.24, 2.45) is 0 Å². The zero-order valence-corrected chi connectivity index (χ0v) is 18.0. The minimum absolute atomic E-state index is 0.163. The van der Waals surface area contributed by atoms with Crippen LogP contribution in [0.3, 0.4) is 0 Å². The van der Waals surface area contributed by atoms with Gasteiger partial charge in [-0.05, 0) is 66.1 Å². The van der Waals surface area contributed by atoms with Crippen molar-refractivity contribution in [1.82, 2.24) is 0 Å². The molecule has 0 amide bonds. The normalized spacial score (nSPS) is 12.1. The highest BCUT2D eigenvalue weighted by Crippen LogP contribution is 2.37. The summed E-state index contributed by atoms with van der Waals surface area (Å²) in [6.45, 7) is 2.36. The van der Waals surface area contributed by atoms with Crippen molar-refractivity contribution in [3.05, 3.63) is 87.8 Å². The summed E-state index contributed by atoms with van der Waals surface area (Å²) in [6, 6.07) is 17.7. The van der Waals surface area contributed by atoms with E-state index >= 15 is 0 Å². The second kappa shape index (κ2) is 8.35. The summed E-state index contributed by atoms with van der Waals surface area (Å²) in [4.78, 5) is 24.3. The van der Waals surface area contributed by atoms with E-state index in [9.17, 15) is 9.59 Å². The number of hydrogen-bond donors (Lipinski definition) is 0. The predicted octanol–water partition coefficient (Wildman–Crippen LogP) is 4.86. The van der Waals surface area contributed by atoms with Gasteiger partial charge in [0.05, 0.1) is 18.2 Å². The maximum absolute atomic E-state index is 12.7. The molecule has 7 heteroatoms. The second-order valence-electron chi connectivity index (χ2n) is 7.59. The molecular weight excluding hydrogens is 424 g/mol. The first-order valence-corrected chi connectivity index (χ1v) is 10.3. The van der Waals surface area contributed by atoms with Crippen LogP contribution in [0.1, 0.15) is 21.5 Å². The Morgan fingerprint density at radius 1 is 0.970 bits per heavy atom. The Balaban J connectivity index is 1.44. The van der Waals surface area contributed by atoms with Crippen molar-refractivity contribution >= 4 is 16.9 Å². The second-order valence-corrected chi connectivity index (χ2v) is 7.59. The molecular formula is C26H20O7. The van der Waals surface area contributed by atoms with Crippen LogP contribution in [0.5, 0.6) is 17.2 Å². The van der Waals surface area contributed by atoms with Crippen LogP contribution >= 0.6 is 0 Å². The number of benzene rings is 3. The summed E-state index contributed by atoms with van der Waals surface area (Å²) in [5, 5.41) is 0.779. The van der Waals surface area contributed by atoms with Crippen LogP contribution in [0.4, 0.5) is 0 Å². The zero-order valence-electron chi connectivity index (χ0n) is 18.0. The number of aryl methyl sites for hydroxylation is 1. The summed E-state index contributed by atoms with van der Waals surface area (Å²) in [5.41, 5.74) is 3.40. The minimum Gasteiger partial charge on any atom is -0.489 e. The van der Waals surface area contributed by atoms with Crippen LogP contribution in [0.25, 0.3) is 22.1 Å². The van der Waals surface area contributed by atoms with Gasteiger partial charge in [-0.1, -0.05) is 18.2 Å². The fraction of sp³-hybridized carbons (Fsp3) is 0.154. The molecule has 0 saturated heterocycles. The van der Waals surface area contributed by atoms with Gasteiger partial charge in [-0.3, -0.25) is 0 Å². The number of fused-ring (bicyclic) bond motifs is 2. The molecule has 1 aliphatic heterocycles. The fourth-order valence-corrected chi connectivity index (χ4v) is 3.83. The van der Waals surface area contributed by atoms with Crippen LogP contribution in [0.2, 0.25) is 0 Å². The van der Waals surface area contributed by atoms with E-state index in [1.165, 1.54) is 7.11 Å². The molecule has 3 aromatic carbocycles. The highest BCUT2D eigenvalue weighted by atomic mass is 16.7. The molecule has 166 valence electrons. The van der Waals surface area contributed by atoms with Crippen molar-refractivity contribution in [2.45, 2.75) is 13.5 Å². The van der Waals surface area contributed by atoms with Gasteiger partial charge in [-0.15, -0.1) is 0 Å². The highest BCUT2D eigenvalue weighted by molar-refractivity contribution is 5.89. The Morgan fingerprint density at radius 2 is 1.76 bits per heavy atom. The lowest BCUT2D eigenvalue weighted by atomic mass is 9.99. The molecule has 1 aliphatic rings. The van der Waals surface area contributed by atoms with Crippen LogP contribution in [0, 0.1) is 6.92 Å². The summed E-state index contributed by atoms with van der Waals surface area (Å²) in [5.74, 6) is 1.50. The highest BCUT2D eigenvalue weighted by Gasteiger charge is 2.19. The molecule has 0 fully saturated rings. The molecule has 0 N–H and O–H groups in total. The molecule has 4 aromatic rings. The van der Waals surface area contributed by atoms with Gasteiger partial charge in [-0.2, -0.15) is 0 Å². The number of carbonyl (C=O) groups is 1. The Bertz CT molecular complexity index is 1420. The van der Waals surface area contributed by atoms with Gasteiger partial charge in [0.2, 0.25) is 6.79 Å². The molecule has 0 saturated carbocycles. The fourth-order valence-electron chi connectivity index (χ4n) is 3.83. The number of esters is 1. The lowest BCUT2D eigenvalue weighted by Crippen LogP contribution is -2.06. The van der Waals surface area contributed by atoms with E-state index in [0.717, 1.165) is 16.5 Å². The third-order valence-corrected chi connectivity index (χ3v) is 5.58. The minimum atomic E-state index is -0.418. The van der Waals surface area contributed by atoms with Gasteiger partial charge in [0.15, 0.2) is 11.5 Å². The van der Waals surface area contributed by atoms with E-state index in [-0.39, 0.29) is 12.8 Å². The molecule has 0 bridgehead atoms. The van der Waals surface area contributed by atoms with Gasteiger partial charge in [-0.25, -0.2) is 9.59 Å². The average Bonchev–Trinajstić information content (AvgIpc) is 3.31. The first-order chi connectivity index (χ1) is 16.0. The van der Waals surface area contributed by atoms with E-state index < -0.39 is 5.63 Å². The molecule has 0 radical (unpaired) electrons. The maximum atomic E-state index is 12.7. The van der Waals surface area contributed by atoms with E-state index in [1.807, 2.05) is 31.2 Å². The number of rotatable bonds is 5. The Hall–Kier alpha value is -4.26. The standard InChI is InChI=1S/C26H20O7/c1-15-20-12-19(30-13-16-3-5-17(6-4-16)25(27)29-2)8-10-21(20)33-26(28)24(15)18-7-9-22-23(11-18)32-14-31-22/h3-12H,13-14H2,1-2H3. The molecule has 7 nitrogen and oxygen atoms in total. The Kier molecular flexibility index (Phi) is 5.22. The van der Waals surface area contributed by atoms with Crippen molar-refractivity contribution in [2.75, 3.05) is 13.9 Å². The first-order valence-electron chi connectivity index (χ1n) is 10.3. The van der Waals surface area contributed by atoms with Crippen molar-refractivity contribution in [3.63, 3.8) is 0 Å². The largest absolute Gasteiger partial charge is 0.489 e. The molecule has 1 aromatic heterocycles. The number of ether oxygens (including phenoxy) is 4. The quantitative estimate of drug-likeness (QED) is 0.321. The Morgan fingerprint density at radius 3 is 2.55 bits per heavy atom. The summed E-state index contributed by atoms with van der Waals surface area (Å²) < 4.78 is 27.1. The molecule has 0 unspecified atom stereocenters. The Labute approximate surface area is 189 Å². The molecule has 0 atom stereocenters. The van der Waals surface area contributed by atoms with Gasteiger partial charge in [0.25, 0.3) is 0 Å². The average molecular weight is 444 g/mol. The number of methoxy groups -OCH3 is 1. The number of carbonyl (C=O) groups excluding carboxylic acids is 1. The topological polar surface area (TPSA) is 84.2 Å². The van der Waals surface area contributed by atoms with Crippen molar-refractivity contribution < 1.29 is 28.2 Å². The van der Waals surface area contributed by atoms with Gasteiger partial charge in [0, 0.05) is 5.39 Å². The lowest BCUT2D eigenvalue weighted by Gasteiger charge is -2.11. The van der Waals surface area contributed by atoms with Crippen LogP contribution in [-0.2, 0) is 11.3 Å². The van der Waals surface area contributed by atoms with E-state index in [2.05, 4.69) is 0 Å². The molecule has 2 heterocycles. The lowest BCUT2D eigenvalue weighted by molar-refractivity contribution is 0.0600. The van der Waals surface area contributed by atoms with Gasteiger partial charge in [0.1, 0.15) is 17.9 Å². The molecule has 0 aliphatic carbocycles. The molecule has 0 spiro atoms. The van der Waals surface area contributed by atoms with Gasteiger partial charge < -0.3 is 23.4 Å². The monoisotopic (exact) mass is 444 g/mol. The zero-order chi connectivity index (χ0) is 22.9. The van der Waals surface area contributed by atoms with Gasteiger partial charge >= 0.3 is 11.6 Å². The number of hydrogen-bond acceptors (Lipinski definition) is 7. The van der Waals surface area contributed by atoms with Crippen molar-refractivity contribution in [1.29, 1.82) is 0 Å². The maximum Gasteiger partial charge on any atom is 0.344 e. The first kappa shape index (κ1) is 20.6.